The smallest absolute Gasteiger partial charge is 0.0544 e. The Balaban J connectivity index is 1.83. The van der Waals surface area contributed by atoms with Gasteiger partial charge in [0.05, 0.1) is 5.69 Å². The standard InChI is InChI=1S/C28H20ClN/c29-23-17-15-22(16-18-23)28-27(24-13-7-8-14-26(24)30-28)25(21-11-5-2-6-12-21)19-20-9-3-1-4-10-20/h1-19,30H/b25-19-. The largest absolute Gasteiger partial charge is 0.354 e. The van der Waals surface area contributed by atoms with E-state index in [1.54, 1.807) is 0 Å². The fourth-order valence-corrected chi connectivity index (χ4v) is 4.01. The van der Waals surface area contributed by atoms with E-state index in [2.05, 4.69) is 102 Å². The summed E-state index contributed by atoms with van der Waals surface area (Å²) in [6.07, 6.45) is 2.27. The molecule has 0 aliphatic heterocycles. The zero-order chi connectivity index (χ0) is 20.3. The molecule has 0 aliphatic carbocycles. The molecule has 1 aromatic heterocycles. The Morgan fingerprint density at radius 3 is 2.03 bits per heavy atom. The van der Waals surface area contributed by atoms with Crippen LogP contribution in [0.2, 0.25) is 5.02 Å². The van der Waals surface area contributed by atoms with Crippen molar-refractivity contribution in [2.24, 2.45) is 0 Å². The molecule has 144 valence electrons. The Hall–Kier alpha value is -3.55. The predicted octanol–water partition coefficient (Wildman–Crippen LogP) is 8.08. The fourth-order valence-electron chi connectivity index (χ4n) is 3.89. The summed E-state index contributed by atoms with van der Waals surface area (Å²) in [5.74, 6) is 0. The second-order valence-electron chi connectivity index (χ2n) is 7.26. The molecule has 1 heterocycles. The zero-order valence-electron chi connectivity index (χ0n) is 16.3. The minimum atomic E-state index is 0.736. The molecule has 0 bridgehead atoms. The molecule has 2 heteroatoms. The maximum atomic E-state index is 6.16. The first kappa shape index (κ1) is 18.5. The number of aromatic nitrogens is 1. The summed E-state index contributed by atoms with van der Waals surface area (Å²) in [7, 11) is 0. The van der Waals surface area contributed by atoms with Crippen molar-refractivity contribution in [3.63, 3.8) is 0 Å². The number of hydrogen-bond donors (Lipinski definition) is 1. The van der Waals surface area contributed by atoms with Crippen LogP contribution in [0.3, 0.4) is 0 Å². The number of rotatable bonds is 4. The predicted molar refractivity (Wildman–Crippen MR) is 129 cm³/mol. The van der Waals surface area contributed by atoms with Crippen LogP contribution >= 0.6 is 11.6 Å². The first-order valence-electron chi connectivity index (χ1n) is 9.99. The molecule has 0 aliphatic rings. The average Bonchev–Trinajstić information content (AvgIpc) is 3.18. The summed E-state index contributed by atoms with van der Waals surface area (Å²) in [6, 6.07) is 37.5. The lowest BCUT2D eigenvalue weighted by Gasteiger charge is -2.12. The van der Waals surface area contributed by atoms with E-state index in [1.165, 1.54) is 27.6 Å². The van der Waals surface area contributed by atoms with E-state index in [9.17, 15) is 0 Å². The lowest BCUT2D eigenvalue weighted by atomic mass is 9.91. The maximum Gasteiger partial charge on any atom is 0.0544 e. The van der Waals surface area contributed by atoms with Gasteiger partial charge in [0.15, 0.2) is 0 Å². The quantitative estimate of drug-likeness (QED) is 0.291. The average molecular weight is 406 g/mol. The molecule has 0 fully saturated rings. The summed E-state index contributed by atoms with van der Waals surface area (Å²) in [4.78, 5) is 3.65. The van der Waals surface area contributed by atoms with Gasteiger partial charge in [0.2, 0.25) is 0 Å². The molecule has 0 amide bonds. The molecule has 30 heavy (non-hydrogen) atoms. The Kier molecular flexibility index (Phi) is 4.96. The summed E-state index contributed by atoms with van der Waals surface area (Å²) < 4.78 is 0. The van der Waals surface area contributed by atoms with Crippen molar-refractivity contribution < 1.29 is 0 Å². The number of para-hydroxylation sites is 1. The highest BCUT2D eigenvalue weighted by Gasteiger charge is 2.18. The van der Waals surface area contributed by atoms with Crippen molar-refractivity contribution >= 4 is 34.2 Å². The second-order valence-corrected chi connectivity index (χ2v) is 7.70. The minimum Gasteiger partial charge on any atom is -0.354 e. The fraction of sp³-hybridized carbons (Fsp3) is 0. The normalized spacial score (nSPS) is 11.7. The number of nitrogens with one attached hydrogen (secondary N) is 1. The van der Waals surface area contributed by atoms with Crippen molar-refractivity contribution in [1.82, 2.24) is 4.98 Å². The van der Waals surface area contributed by atoms with Gasteiger partial charge in [-0.05, 0) is 46.5 Å². The van der Waals surface area contributed by atoms with Crippen molar-refractivity contribution in [1.29, 1.82) is 0 Å². The minimum absolute atomic E-state index is 0.736. The molecular formula is C28H20ClN. The SMILES string of the molecule is Clc1ccc(-c2[nH]c3ccccc3c2/C(=C\c2ccccc2)c2ccccc2)cc1. The molecule has 1 nitrogen and oxygen atoms in total. The maximum absolute atomic E-state index is 6.16. The highest BCUT2D eigenvalue weighted by atomic mass is 35.5. The van der Waals surface area contributed by atoms with Crippen LogP contribution in [-0.2, 0) is 0 Å². The summed E-state index contributed by atoms with van der Waals surface area (Å²) in [6.45, 7) is 0. The lowest BCUT2D eigenvalue weighted by Crippen LogP contribution is -1.91. The Morgan fingerprint density at radius 1 is 0.667 bits per heavy atom. The van der Waals surface area contributed by atoms with Gasteiger partial charge < -0.3 is 4.98 Å². The molecule has 0 spiro atoms. The van der Waals surface area contributed by atoms with Gasteiger partial charge in [0, 0.05) is 21.5 Å². The van der Waals surface area contributed by atoms with Crippen LogP contribution in [-0.4, -0.2) is 4.98 Å². The van der Waals surface area contributed by atoms with E-state index < -0.39 is 0 Å². The highest BCUT2D eigenvalue weighted by molar-refractivity contribution is 6.30. The van der Waals surface area contributed by atoms with Gasteiger partial charge in [-0.2, -0.15) is 0 Å². The van der Waals surface area contributed by atoms with Gasteiger partial charge in [-0.1, -0.05) is 103 Å². The van der Waals surface area contributed by atoms with Gasteiger partial charge in [0.25, 0.3) is 0 Å². The molecule has 0 saturated heterocycles. The second kappa shape index (κ2) is 8.06. The van der Waals surface area contributed by atoms with E-state index >= 15 is 0 Å². The van der Waals surface area contributed by atoms with Crippen LogP contribution in [0.5, 0.6) is 0 Å². The van der Waals surface area contributed by atoms with Crippen LogP contribution in [0.1, 0.15) is 16.7 Å². The molecule has 0 atom stereocenters. The van der Waals surface area contributed by atoms with E-state index in [0.29, 0.717) is 0 Å². The van der Waals surface area contributed by atoms with Gasteiger partial charge in [-0.15, -0.1) is 0 Å². The molecule has 4 aromatic carbocycles. The Morgan fingerprint density at radius 2 is 1.30 bits per heavy atom. The number of H-pyrrole nitrogens is 1. The Bertz CT molecular complexity index is 1310. The monoisotopic (exact) mass is 405 g/mol. The van der Waals surface area contributed by atoms with Gasteiger partial charge in [-0.25, -0.2) is 0 Å². The van der Waals surface area contributed by atoms with Crippen molar-refractivity contribution in [2.75, 3.05) is 0 Å². The van der Waals surface area contributed by atoms with E-state index in [4.69, 9.17) is 11.6 Å². The molecule has 0 unspecified atom stereocenters. The van der Waals surface area contributed by atoms with Gasteiger partial charge in [0.1, 0.15) is 0 Å². The summed E-state index contributed by atoms with van der Waals surface area (Å²) >= 11 is 6.16. The molecular weight excluding hydrogens is 386 g/mol. The number of benzene rings is 4. The molecule has 0 radical (unpaired) electrons. The zero-order valence-corrected chi connectivity index (χ0v) is 17.1. The van der Waals surface area contributed by atoms with Crippen LogP contribution < -0.4 is 0 Å². The van der Waals surface area contributed by atoms with Crippen LogP contribution in [0.15, 0.2) is 109 Å². The number of halogens is 1. The van der Waals surface area contributed by atoms with E-state index in [-0.39, 0.29) is 0 Å². The topological polar surface area (TPSA) is 15.8 Å². The first-order chi connectivity index (χ1) is 14.8. The lowest BCUT2D eigenvalue weighted by molar-refractivity contribution is 1.44. The van der Waals surface area contributed by atoms with Crippen molar-refractivity contribution in [3.05, 3.63) is 131 Å². The number of fused-ring (bicyclic) bond motifs is 1. The van der Waals surface area contributed by atoms with Crippen LogP contribution in [0.25, 0.3) is 33.8 Å². The molecule has 0 saturated carbocycles. The number of hydrogen-bond acceptors (Lipinski definition) is 0. The summed E-state index contributed by atoms with van der Waals surface area (Å²) in [5, 5.41) is 1.94. The summed E-state index contributed by atoms with van der Waals surface area (Å²) in [5.41, 5.74) is 8.06. The van der Waals surface area contributed by atoms with Gasteiger partial charge in [-0.3, -0.25) is 0 Å². The van der Waals surface area contributed by atoms with Gasteiger partial charge >= 0.3 is 0 Å². The van der Waals surface area contributed by atoms with E-state index in [0.717, 1.165) is 21.8 Å². The third-order valence-corrected chi connectivity index (χ3v) is 5.56. The molecule has 1 N–H and O–H groups in total. The van der Waals surface area contributed by atoms with E-state index in [1.807, 2.05) is 18.2 Å². The van der Waals surface area contributed by atoms with Crippen molar-refractivity contribution in [3.8, 4) is 11.3 Å². The third-order valence-electron chi connectivity index (χ3n) is 5.30. The van der Waals surface area contributed by atoms with Crippen LogP contribution in [0.4, 0.5) is 0 Å². The highest BCUT2D eigenvalue weighted by Crippen LogP contribution is 2.39. The third kappa shape index (κ3) is 3.56. The van der Waals surface area contributed by atoms with Crippen molar-refractivity contribution in [2.45, 2.75) is 0 Å². The number of aromatic amines is 1. The molecule has 5 aromatic rings. The first-order valence-corrected chi connectivity index (χ1v) is 10.4. The Labute approximate surface area is 181 Å². The molecule has 5 rings (SSSR count). The van der Waals surface area contributed by atoms with Crippen LogP contribution in [0, 0.1) is 0 Å².